The maximum atomic E-state index is 13.4. The summed E-state index contributed by atoms with van der Waals surface area (Å²) in [6.07, 6.45) is 0. The van der Waals surface area contributed by atoms with E-state index in [2.05, 4.69) is 17.4 Å². The summed E-state index contributed by atoms with van der Waals surface area (Å²) in [7, 11) is 0. The highest BCUT2D eigenvalue weighted by Gasteiger charge is 2.01. The van der Waals surface area contributed by atoms with Crippen LogP contribution in [0.5, 0.6) is 0 Å². The minimum atomic E-state index is -0.313. The molecule has 0 bridgehead atoms. The second-order valence-corrected chi connectivity index (χ2v) is 5.32. The number of hydrogen-bond acceptors (Lipinski definition) is 2. The van der Waals surface area contributed by atoms with Gasteiger partial charge in [-0.05, 0) is 30.3 Å². The van der Waals surface area contributed by atoms with Crippen molar-refractivity contribution in [2.75, 3.05) is 17.6 Å². The number of halogens is 2. The first kappa shape index (κ1) is 13.2. The molecular formula is C14H13ClFNS. The summed E-state index contributed by atoms with van der Waals surface area (Å²) >= 11 is 7.42. The maximum absolute atomic E-state index is 13.4. The second kappa shape index (κ2) is 6.66. The molecule has 4 heteroatoms. The van der Waals surface area contributed by atoms with E-state index in [0.717, 1.165) is 5.75 Å². The highest BCUT2D eigenvalue weighted by atomic mass is 35.5. The Bertz CT molecular complexity index is 504. The Hall–Kier alpha value is -1.19. The van der Waals surface area contributed by atoms with Gasteiger partial charge in [-0.3, -0.25) is 0 Å². The molecule has 0 amide bonds. The molecule has 2 aromatic carbocycles. The summed E-state index contributed by atoms with van der Waals surface area (Å²) in [4.78, 5) is 1.22. The zero-order chi connectivity index (χ0) is 12.8. The van der Waals surface area contributed by atoms with Gasteiger partial charge in [0, 0.05) is 22.2 Å². The highest BCUT2D eigenvalue weighted by Crippen LogP contribution is 2.20. The number of rotatable bonds is 5. The summed E-state index contributed by atoms with van der Waals surface area (Å²) in [6.45, 7) is 0.706. The van der Waals surface area contributed by atoms with Crippen molar-refractivity contribution in [2.24, 2.45) is 0 Å². The third-order valence-corrected chi connectivity index (χ3v) is 3.61. The SMILES string of the molecule is Fc1cc(Cl)ccc1NCCSc1ccccc1. The number of benzene rings is 2. The van der Waals surface area contributed by atoms with E-state index in [9.17, 15) is 4.39 Å². The van der Waals surface area contributed by atoms with Gasteiger partial charge in [0.05, 0.1) is 5.69 Å². The predicted octanol–water partition coefficient (Wildman–Crippen LogP) is 4.68. The zero-order valence-corrected chi connectivity index (χ0v) is 11.3. The molecule has 0 unspecified atom stereocenters. The van der Waals surface area contributed by atoms with Gasteiger partial charge in [0.25, 0.3) is 0 Å². The van der Waals surface area contributed by atoms with Crippen LogP contribution < -0.4 is 5.32 Å². The Morgan fingerprint density at radius 2 is 1.89 bits per heavy atom. The number of nitrogens with one attached hydrogen (secondary N) is 1. The van der Waals surface area contributed by atoms with Crippen LogP contribution in [0.25, 0.3) is 0 Å². The van der Waals surface area contributed by atoms with Crippen LogP contribution in [0.4, 0.5) is 10.1 Å². The van der Waals surface area contributed by atoms with Crippen LogP contribution in [-0.4, -0.2) is 12.3 Å². The first-order chi connectivity index (χ1) is 8.75. The summed E-state index contributed by atoms with van der Waals surface area (Å²) in [6, 6.07) is 14.8. The van der Waals surface area contributed by atoms with Crippen LogP contribution in [0.3, 0.4) is 0 Å². The van der Waals surface area contributed by atoms with Crippen LogP contribution in [0.2, 0.25) is 5.02 Å². The Morgan fingerprint density at radius 3 is 2.61 bits per heavy atom. The minimum absolute atomic E-state index is 0.313. The van der Waals surface area contributed by atoms with E-state index in [1.165, 1.54) is 11.0 Å². The van der Waals surface area contributed by atoms with Crippen molar-refractivity contribution in [2.45, 2.75) is 4.90 Å². The largest absolute Gasteiger partial charge is 0.382 e. The summed E-state index contributed by atoms with van der Waals surface area (Å²) in [5, 5.41) is 3.47. The molecule has 0 aliphatic rings. The first-order valence-electron chi connectivity index (χ1n) is 5.62. The van der Waals surface area contributed by atoms with E-state index in [-0.39, 0.29) is 5.82 Å². The van der Waals surface area contributed by atoms with Crippen LogP contribution in [0.1, 0.15) is 0 Å². The third-order valence-electron chi connectivity index (χ3n) is 2.36. The van der Waals surface area contributed by atoms with Crippen LogP contribution in [0, 0.1) is 5.82 Å². The average Bonchev–Trinajstić information content (AvgIpc) is 2.38. The first-order valence-corrected chi connectivity index (χ1v) is 6.99. The maximum Gasteiger partial charge on any atom is 0.147 e. The fourth-order valence-electron chi connectivity index (χ4n) is 1.50. The van der Waals surface area contributed by atoms with Crippen LogP contribution >= 0.6 is 23.4 Å². The van der Waals surface area contributed by atoms with E-state index in [4.69, 9.17) is 11.6 Å². The van der Waals surface area contributed by atoms with E-state index in [0.29, 0.717) is 17.3 Å². The summed E-state index contributed by atoms with van der Waals surface area (Å²) in [5.74, 6) is 0.568. The average molecular weight is 282 g/mol. The highest BCUT2D eigenvalue weighted by molar-refractivity contribution is 7.99. The van der Waals surface area contributed by atoms with Gasteiger partial charge >= 0.3 is 0 Å². The van der Waals surface area contributed by atoms with Crippen LogP contribution in [-0.2, 0) is 0 Å². The molecule has 0 saturated carbocycles. The molecule has 0 aromatic heterocycles. The molecule has 0 fully saturated rings. The van der Waals surface area contributed by atoms with E-state index in [1.807, 2.05) is 18.2 Å². The molecular weight excluding hydrogens is 269 g/mol. The zero-order valence-electron chi connectivity index (χ0n) is 9.70. The number of thioether (sulfide) groups is 1. The van der Waals surface area contributed by atoms with E-state index >= 15 is 0 Å². The Morgan fingerprint density at radius 1 is 1.11 bits per heavy atom. The molecule has 18 heavy (non-hydrogen) atoms. The van der Waals surface area contributed by atoms with Crippen molar-refractivity contribution in [3.63, 3.8) is 0 Å². The fraction of sp³-hybridized carbons (Fsp3) is 0.143. The van der Waals surface area contributed by atoms with Gasteiger partial charge in [0.1, 0.15) is 5.82 Å². The van der Waals surface area contributed by atoms with Gasteiger partial charge in [-0.25, -0.2) is 4.39 Å². The third kappa shape index (κ3) is 3.93. The van der Waals surface area contributed by atoms with Crippen molar-refractivity contribution < 1.29 is 4.39 Å². The second-order valence-electron chi connectivity index (χ2n) is 3.71. The predicted molar refractivity (Wildman–Crippen MR) is 77.1 cm³/mol. The van der Waals surface area contributed by atoms with Gasteiger partial charge < -0.3 is 5.32 Å². The van der Waals surface area contributed by atoms with Crippen LogP contribution in [0.15, 0.2) is 53.4 Å². The van der Waals surface area contributed by atoms with E-state index in [1.54, 1.807) is 23.9 Å². The van der Waals surface area contributed by atoms with Crippen molar-refractivity contribution in [1.82, 2.24) is 0 Å². The molecule has 0 saturated heterocycles. The normalized spacial score (nSPS) is 10.3. The van der Waals surface area contributed by atoms with Gasteiger partial charge in [-0.15, -0.1) is 11.8 Å². The number of anilines is 1. The lowest BCUT2D eigenvalue weighted by atomic mass is 10.3. The molecule has 1 nitrogen and oxygen atoms in total. The standard InChI is InChI=1S/C14H13ClFNS/c15-11-6-7-14(13(16)10-11)17-8-9-18-12-4-2-1-3-5-12/h1-7,10,17H,8-9H2. The smallest absolute Gasteiger partial charge is 0.147 e. The van der Waals surface area contributed by atoms with Crippen molar-refractivity contribution in [3.05, 3.63) is 59.4 Å². The van der Waals surface area contributed by atoms with E-state index < -0.39 is 0 Å². The quantitative estimate of drug-likeness (QED) is 0.631. The van der Waals surface area contributed by atoms with Crippen molar-refractivity contribution >= 4 is 29.1 Å². The fourth-order valence-corrected chi connectivity index (χ4v) is 2.45. The topological polar surface area (TPSA) is 12.0 Å². The number of hydrogen-bond donors (Lipinski definition) is 1. The molecule has 2 rings (SSSR count). The monoisotopic (exact) mass is 281 g/mol. The van der Waals surface area contributed by atoms with Gasteiger partial charge in [0.15, 0.2) is 0 Å². The molecule has 2 aromatic rings. The Kier molecular flexibility index (Phi) is 4.90. The molecule has 0 spiro atoms. The lowest BCUT2D eigenvalue weighted by Crippen LogP contribution is -2.05. The molecule has 0 radical (unpaired) electrons. The molecule has 0 aliphatic carbocycles. The van der Waals surface area contributed by atoms with Crippen molar-refractivity contribution in [3.8, 4) is 0 Å². The molecule has 0 aliphatic heterocycles. The lowest BCUT2D eigenvalue weighted by Gasteiger charge is -2.07. The summed E-state index contributed by atoms with van der Waals surface area (Å²) < 4.78 is 13.4. The minimum Gasteiger partial charge on any atom is -0.382 e. The van der Waals surface area contributed by atoms with Gasteiger partial charge in [0.2, 0.25) is 0 Å². The molecule has 1 N–H and O–H groups in total. The summed E-state index contributed by atoms with van der Waals surface area (Å²) in [5.41, 5.74) is 0.494. The lowest BCUT2D eigenvalue weighted by molar-refractivity contribution is 0.630. The van der Waals surface area contributed by atoms with Gasteiger partial charge in [-0.1, -0.05) is 29.8 Å². The Balaban J connectivity index is 1.79. The Labute approximate surface area is 115 Å². The van der Waals surface area contributed by atoms with Crippen molar-refractivity contribution in [1.29, 1.82) is 0 Å². The molecule has 0 heterocycles. The van der Waals surface area contributed by atoms with Gasteiger partial charge in [-0.2, -0.15) is 0 Å². The molecule has 94 valence electrons. The molecule has 0 atom stereocenters.